The van der Waals surface area contributed by atoms with Crippen LogP contribution in [0, 0.1) is 5.82 Å². The average Bonchev–Trinajstić information content (AvgIpc) is 2.66. The van der Waals surface area contributed by atoms with E-state index in [0.717, 1.165) is 0 Å². The molecule has 0 fully saturated rings. The van der Waals surface area contributed by atoms with E-state index in [1.165, 1.54) is 22.8 Å². The van der Waals surface area contributed by atoms with E-state index in [1.54, 1.807) is 37.6 Å². The molecular weight excluding hydrogens is 371 g/mol. The summed E-state index contributed by atoms with van der Waals surface area (Å²) in [5.74, 6) is -0.0658. The lowest BCUT2D eigenvalue weighted by Crippen LogP contribution is -2.23. The third kappa shape index (κ3) is 4.48. The lowest BCUT2D eigenvalue weighted by Gasteiger charge is -2.09. The first-order valence-electron chi connectivity index (χ1n) is 7.93. The van der Waals surface area contributed by atoms with Crippen molar-refractivity contribution in [3.05, 3.63) is 75.5 Å². The Balaban J connectivity index is 1.85. The molecule has 0 atom stereocenters. The van der Waals surface area contributed by atoms with E-state index in [9.17, 15) is 9.18 Å². The molecule has 27 heavy (non-hydrogen) atoms. The lowest BCUT2D eigenvalue weighted by molar-refractivity contribution is 0.623. The number of halogens is 2. The maximum Gasteiger partial charge on any atom is 0.251 e. The molecule has 2 heterocycles. The Labute approximate surface area is 159 Å². The first kappa shape index (κ1) is 18.5. The number of hydrogen-bond acceptors (Lipinski definition) is 4. The molecule has 9 heteroatoms. The second kappa shape index (κ2) is 7.96. The number of aromatic nitrogens is 3. The standard InChI is InChI=1S/C18H16ClFN6O/c1-22-17(21)25-18-23-6-4-15(24-18)12-5-7-26(16(27)9-12)10-11-2-3-13(19)14(20)8-11/h2-9H,10H2,1H3,(H3,21,22,23,24,25). The first-order valence-corrected chi connectivity index (χ1v) is 8.31. The van der Waals surface area contributed by atoms with E-state index >= 15 is 0 Å². The van der Waals surface area contributed by atoms with Crippen LogP contribution in [0.15, 0.2) is 58.6 Å². The van der Waals surface area contributed by atoms with Gasteiger partial charge in [-0.15, -0.1) is 0 Å². The fourth-order valence-corrected chi connectivity index (χ4v) is 2.50. The van der Waals surface area contributed by atoms with Crippen molar-refractivity contribution in [1.82, 2.24) is 14.5 Å². The summed E-state index contributed by atoms with van der Waals surface area (Å²) >= 11 is 5.68. The Morgan fingerprint density at radius 2 is 2.15 bits per heavy atom. The minimum absolute atomic E-state index is 0.0448. The molecule has 7 nitrogen and oxygen atoms in total. The molecule has 0 spiro atoms. The fourth-order valence-electron chi connectivity index (χ4n) is 2.38. The Morgan fingerprint density at radius 3 is 2.85 bits per heavy atom. The van der Waals surface area contributed by atoms with Gasteiger partial charge >= 0.3 is 0 Å². The molecule has 0 saturated carbocycles. The molecule has 3 aromatic rings. The molecule has 0 unspecified atom stereocenters. The summed E-state index contributed by atoms with van der Waals surface area (Å²) < 4.78 is 15.0. The molecule has 0 aliphatic rings. The van der Waals surface area contributed by atoms with Crippen molar-refractivity contribution in [2.45, 2.75) is 6.54 Å². The van der Waals surface area contributed by atoms with Crippen molar-refractivity contribution in [2.24, 2.45) is 10.7 Å². The number of anilines is 1. The van der Waals surface area contributed by atoms with E-state index in [-0.39, 0.29) is 29.0 Å². The number of pyridine rings is 1. The minimum Gasteiger partial charge on any atom is -0.370 e. The Morgan fingerprint density at radius 1 is 1.33 bits per heavy atom. The molecule has 0 radical (unpaired) electrons. The van der Waals surface area contributed by atoms with E-state index in [2.05, 4.69) is 20.3 Å². The average molecular weight is 387 g/mol. The summed E-state index contributed by atoms with van der Waals surface area (Å²) in [4.78, 5) is 24.6. The summed E-state index contributed by atoms with van der Waals surface area (Å²) in [5, 5.41) is 2.79. The molecule has 3 rings (SSSR count). The highest BCUT2D eigenvalue weighted by Crippen LogP contribution is 2.18. The maximum atomic E-state index is 13.6. The van der Waals surface area contributed by atoms with Gasteiger partial charge in [0.15, 0.2) is 5.96 Å². The van der Waals surface area contributed by atoms with Crippen molar-refractivity contribution in [3.8, 4) is 11.3 Å². The van der Waals surface area contributed by atoms with Crippen LogP contribution in [-0.4, -0.2) is 27.5 Å². The largest absolute Gasteiger partial charge is 0.370 e. The van der Waals surface area contributed by atoms with Crippen LogP contribution in [0.1, 0.15) is 5.56 Å². The molecular formula is C18H16ClFN6O. The van der Waals surface area contributed by atoms with Gasteiger partial charge in [-0.1, -0.05) is 17.7 Å². The molecule has 0 aliphatic carbocycles. The van der Waals surface area contributed by atoms with E-state index in [0.29, 0.717) is 16.8 Å². The number of nitrogens with zero attached hydrogens (tertiary/aromatic N) is 4. The first-order chi connectivity index (χ1) is 13.0. The highest BCUT2D eigenvalue weighted by Gasteiger charge is 2.07. The van der Waals surface area contributed by atoms with Crippen molar-refractivity contribution >= 4 is 23.5 Å². The van der Waals surface area contributed by atoms with Crippen molar-refractivity contribution in [1.29, 1.82) is 0 Å². The molecule has 3 N–H and O–H groups in total. The Bertz CT molecular complexity index is 1070. The number of nitrogens with two attached hydrogens (primary N) is 1. The van der Waals surface area contributed by atoms with Crippen LogP contribution in [0.2, 0.25) is 5.02 Å². The summed E-state index contributed by atoms with van der Waals surface area (Å²) in [6.07, 6.45) is 3.18. The van der Waals surface area contributed by atoms with Gasteiger partial charge in [-0.05, 0) is 29.8 Å². The molecule has 0 saturated heterocycles. The number of benzene rings is 1. The SMILES string of the molecule is CN=C(N)Nc1nccc(-c2ccn(Cc3ccc(Cl)c(F)c3)c(=O)c2)n1. The second-order valence-corrected chi connectivity index (χ2v) is 6.04. The molecule has 0 aliphatic heterocycles. The highest BCUT2D eigenvalue weighted by atomic mass is 35.5. The second-order valence-electron chi connectivity index (χ2n) is 5.63. The number of hydrogen-bond donors (Lipinski definition) is 2. The summed E-state index contributed by atoms with van der Waals surface area (Å²) in [7, 11) is 1.54. The van der Waals surface area contributed by atoms with Crippen LogP contribution in [0.3, 0.4) is 0 Å². The zero-order valence-electron chi connectivity index (χ0n) is 14.4. The van der Waals surface area contributed by atoms with Crippen LogP contribution in [0.5, 0.6) is 0 Å². The highest BCUT2D eigenvalue weighted by molar-refractivity contribution is 6.30. The smallest absolute Gasteiger partial charge is 0.251 e. The van der Waals surface area contributed by atoms with Gasteiger partial charge in [0.25, 0.3) is 5.56 Å². The maximum absolute atomic E-state index is 13.6. The van der Waals surface area contributed by atoms with Gasteiger partial charge in [-0.3, -0.25) is 15.1 Å². The summed E-state index contributed by atoms with van der Waals surface area (Å²) in [6, 6.07) is 9.33. The monoisotopic (exact) mass is 386 g/mol. The van der Waals surface area contributed by atoms with Crippen LogP contribution in [-0.2, 0) is 6.54 Å². The van der Waals surface area contributed by atoms with Gasteiger partial charge in [0, 0.05) is 31.1 Å². The van der Waals surface area contributed by atoms with Gasteiger partial charge in [-0.25, -0.2) is 14.4 Å². The molecule has 0 amide bonds. The fraction of sp³-hybridized carbons (Fsp3) is 0.111. The van der Waals surface area contributed by atoms with Crippen LogP contribution in [0.4, 0.5) is 10.3 Å². The van der Waals surface area contributed by atoms with Crippen molar-refractivity contribution < 1.29 is 4.39 Å². The number of aliphatic imine (C=N–C) groups is 1. The predicted octanol–water partition coefficient (Wildman–Crippen LogP) is 2.50. The normalized spacial score (nSPS) is 11.4. The Hall–Kier alpha value is -3.26. The number of guanidine groups is 1. The third-order valence-electron chi connectivity index (χ3n) is 3.77. The minimum atomic E-state index is -0.519. The van der Waals surface area contributed by atoms with Gasteiger partial charge in [0.05, 0.1) is 17.3 Å². The predicted molar refractivity (Wildman–Crippen MR) is 103 cm³/mol. The van der Waals surface area contributed by atoms with Gasteiger partial charge in [0.2, 0.25) is 5.95 Å². The van der Waals surface area contributed by atoms with Crippen molar-refractivity contribution in [2.75, 3.05) is 12.4 Å². The summed E-state index contributed by atoms with van der Waals surface area (Å²) in [6.45, 7) is 0.229. The Kier molecular flexibility index (Phi) is 5.46. The van der Waals surface area contributed by atoms with E-state index < -0.39 is 5.82 Å². The zero-order chi connectivity index (χ0) is 19.4. The molecule has 1 aromatic carbocycles. The third-order valence-corrected chi connectivity index (χ3v) is 4.07. The van der Waals surface area contributed by atoms with Crippen LogP contribution in [0.25, 0.3) is 11.3 Å². The molecule has 0 bridgehead atoms. The zero-order valence-corrected chi connectivity index (χ0v) is 15.1. The van der Waals surface area contributed by atoms with Crippen LogP contribution >= 0.6 is 11.6 Å². The van der Waals surface area contributed by atoms with Crippen molar-refractivity contribution in [3.63, 3.8) is 0 Å². The molecule has 2 aromatic heterocycles. The molecule has 138 valence electrons. The quantitative estimate of drug-likeness (QED) is 0.530. The van der Waals surface area contributed by atoms with Crippen LogP contribution < -0.4 is 16.6 Å². The number of rotatable bonds is 4. The van der Waals surface area contributed by atoms with Gasteiger partial charge in [0.1, 0.15) is 5.82 Å². The topological polar surface area (TPSA) is 98.2 Å². The number of nitrogens with one attached hydrogen (secondary N) is 1. The van der Waals surface area contributed by atoms with Gasteiger partial charge in [-0.2, -0.15) is 0 Å². The summed E-state index contributed by atoms with van der Waals surface area (Å²) in [5.41, 5.74) is 7.17. The van der Waals surface area contributed by atoms with Gasteiger partial charge < -0.3 is 10.3 Å². The lowest BCUT2D eigenvalue weighted by atomic mass is 10.2. The van der Waals surface area contributed by atoms with E-state index in [1.807, 2.05) is 0 Å². The van der Waals surface area contributed by atoms with E-state index in [4.69, 9.17) is 17.3 Å².